The Hall–Kier alpha value is -2.07. The Morgan fingerprint density at radius 2 is 2.22 bits per heavy atom. The van der Waals surface area contributed by atoms with Crippen LogP contribution in [0.25, 0.3) is 0 Å². The molecule has 1 saturated heterocycles. The third-order valence-electron chi connectivity index (χ3n) is 3.91. The van der Waals surface area contributed by atoms with Crippen molar-refractivity contribution in [2.45, 2.75) is 43.9 Å². The second kappa shape index (κ2) is 7.01. The van der Waals surface area contributed by atoms with Crippen molar-refractivity contribution in [1.82, 2.24) is 4.90 Å². The van der Waals surface area contributed by atoms with E-state index >= 15 is 0 Å². The minimum Gasteiger partial charge on any atom is -0.327 e. The predicted molar refractivity (Wildman–Crippen MR) is 78.1 cm³/mol. The van der Waals surface area contributed by atoms with Gasteiger partial charge in [-0.3, -0.25) is 4.79 Å². The normalized spacial score (nSPS) is 19.4. The molecule has 0 spiro atoms. The van der Waals surface area contributed by atoms with Crippen LogP contribution < -0.4 is 5.73 Å². The Morgan fingerprint density at radius 3 is 2.87 bits per heavy atom. The molecule has 0 aromatic heterocycles. The molecule has 4 nitrogen and oxygen atoms in total. The third-order valence-corrected chi connectivity index (χ3v) is 3.91. The van der Waals surface area contributed by atoms with Crippen molar-refractivity contribution >= 4 is 5.91 Å². The zero-order valence-corrected chi connectivity index (χ0v) is 12.5. The van der Waals surface area contributed by atoms with Gasteiger partial charge < -0.3 is 10.6 Å². The zero-order valence-electron chi connectivity index (χ0n) is 12.5. The van der Waals surface area contributed by atoms with Crippen molar-refractivity contribution in [3.8, 4) is 6.07 Å². The number of nitrogens with two attached hydrogens (primary N) is 1. The number of hydrogen-bond donors (Lipinski definition) is 1. The first-order valence-corrected chi connectivity index (χ1v) is 7.42. The summed E-state index contributed by atoms with van der Waals surface area (Å²) in [5.41, 5.74) is 5.63. The van der Waals surface area contributed by atoms with Crippen molar-refractivity contribution in [3.05, 3.63) is 35.4 Å². The summed E-state index contributed by atoms with van der Waals surface area (Å²) < 4.78 is 38.0. The van der Waals surface area contributed by atoms with Crippen molar-refractivity contribution in [3.63, 3.8) is 0 Å². The van der Waals surface area contributed by atoms with Gasteiger partial charge >= 0.3 is 6.18 Å². The van der Waals surface area contributed by atoms with E-state index in [-0.39, 0.29) is 18.7 Å². The fraction of sp³-hybridized carbons (Fsp3) is 0.500. The molecule has 0 saturated carbocycles. The summed E-state index contributed by atoms with van der Waals surface area (Å²) in [6, 6.07) is 6.04. The molecule has 0 radical (unpaired) electrons. The number of carbonyl (C=O) groups excluding carboxylic acids is 1. The van der Waals surface area contributed by atoms with Crippen LogP contribution in [0.4, 0.5) is 13.2 Å². The molecule has 1 heterocycles. The van der Waals surface area contributed by atoms with E-state index in [9.17, 15) is 18.0 Å². The Balaban J connectivity index is 1.96. The topological polar surface area (TPSA) is 70.1 Å². The second-order valence-corrected chi connectivity index (χ2v) is 5.74. The molecule has 1 amide bonds. The van der Waals surface area contributed by atoms with Gasteiger partial charge in [-0.25, -0.2) is 0 Å². The lowest BCUT2D eigenvalue weighted by atomic mass is 10.0. The summed E-state index contributed by atoms with van der Waals surface area (Å²) in [6.07, 6.45) is -2.75. The number of alkyl halides is 3. The summed E-state index contributed by atoms with van der Waals surface area (Å²) in [5, 5.41) is 8.98. The van der Waals surface area contributed by atoms with Crippen LogP contribution in [0.15, 0.2) is 24.3 Å². The molecule has 0 bridgehead atoms. The molecule has 23 heavy (non-hydrogen) atoms. The quantitative estimate of drug-likeness (QED) is 0.924. The van der Waals surface area contributed by atoms with Gasteiger partial charge in [0.1, 0.15) is 6.04 Å². The minimum absolute atomic E-state index is 0.0222. The molecule has 2 rings (SSSR count). The van der Waals surface area contributed by atoms with Gasteiger partial charge in [0.25, 0.3) is 0 Å². The number of halogens is 3. The molecule has 1 aliphatic heterocycles. The highest BCUT2D eigenvalue weighted by Crippen LogP contribution is 2.29. The lowest BCUT2D eigenvalue weighted by Gasteiger charge is -2.21. The number of amides is 1. The third kappa shape index (κ3) is 4.45. The number of rotatable bonds is 4. The van der Waals surface area contributed by atoms with Crippen molar-refractivity contribution in [2.75, 3.05) is 6.54 Å². The van der Waals surface area contributed by atoms with Crippen LogP contribution in [0.1, 0.15) is 30.4 Å². The number of benzene rings is 1. The molecule has 0 aliphatic carbocycles. The van der Waals surface area contributed by atoms with Gasteiger partial charge in [0, 0.05) is 19.0 Å². The van der Waals surface area contributed by atoms with E-state index in [0.717, 1.165) is 18.6 Å². The molecule has 1 aromatic carbocycles. The summed E-state index contributed by atoms with van der Waals surface area (Å²) in [6.45, 7) is 0.535. The fourth-order valence-electron chi connectivity index (χ4n) is 2.79. The van der Waals surface area contributed by atoms with Crippen molar-refractivity contribution in [2.24, 2.45) is 5.73 Å². The van der Waals surface area contributed by atoms with E-state index in [0.29, 0.717) is 18.5 Å². The highest BCUT2D eigenvalue weighted by Gasteiger charge is 2.31. The summed E-state index contributed by atoms with van der Waals surface area (Å²) >= 11 is 0. The van der Waals surface area contributed by atoms with E-state index < -0.39 is 23.8 Å². The van der Waals surface area contributed by atoms with Gasteiger partial charge in [-0.15, -0.1) is 0 Å². The molecule has 2 N–H and O–H groups in total. The van der Waals surface area contributed by atoms with Crippen LogP contribution >= 0.6 is 0 Å². The molecule has 7 heteroatoms. The van der Waals surface area contributed by atoms with Gasteiger partial charge in [-0.05, 0) is 30.9 Å². The first-order chi connectivity index (χ1) is 10.8. The molecular formula is C16H18F3N3O. The maximum Gasteiger partial charge on any atom is 0.416 e. The maximum absolute atomic E-state index is 12.7. The molecule has 1 aliphatic rings. The van der Waals surface area contributed by atoms with Crippen LogP contribution in [0.2, 0.25) is 0 Å². The smallest absolute Gasteiger partial charge is 0.327 e. The van der Waals surface area contributed by atoms with Gasteiger partial charge in [-0.2, -0.15) is 18.4 Å². The maximum atomic E-state index is 12.7. The van der Waals surface area contributed by atoms with E-state index in [1.807, 2.05) is 0 Å². The van der Waals surface area contributed by atoms with Gasteiger partial charge in [0.15, 0.2) is 0 Å². The number of carbonyl (C=O) groups is 1. The highest BCUT2D eigenvalue weighted by molar-refractivity contribution is 5.77. The Morgan fingerprint density at radius 1 is 1.48 bits per heavy atom. The number of nitrogens with zero attached hydrogens (tertiary/aromatic N) is 2. The average molecular weight is 325 g/mol. The second-order valence-electron chi connectivity index (χ2n) is 5.74. The fourth-order valence-corrected chi connectivity index (χ4v) is 2.79. The minimum atomic E-state index is -4.40. The average Bonchev–Trinajstić information content (AvgIpc) is 2.95. The largest absolute Gasteiger partial charge is 0.416 e. The molecule has 1 aromatic rings. The summed E-state index contributed by atoms with van der Waals surface area (Å²) in [7, 11) is 0. The van der Waals surface area contributed by atoms with Crippen molar-refractivity contribution < 1.29 is 18.0 Å². The summed E-state index contributed by atoms with van der Waals surface area (Å²) in [4.78, 5) is 13.7. The molecule has 1 fully saturated rings. The molecule has 124 valence electrons. The SMILES string of the molecule is N#C[C@@H]1CCCN1C(=O)C[C@H](N)Cc1cccc(C(F)(F)F)c1. The van der Waals surface area contributed by atoms with Crippen LogP contribution in [0.5, 0.6) is 0 Å². The lowest BCUT2D eigenvalue weighted by molar-refractivity contribution is -0.137. The van der Waals surface area contributed by atoms with E-state index in [1.54, 1.807) is 6.07 Å². The summed E-state index contributed by atoms with van der Waals surface area (Å²) in [5.74, 6) is -0.214. The van der Waals surface area contributed by atoms with E-state index in [1.165, 1.54) is 11.0 Å². The van der Waals surface area contributed by atoms with Crippen LogP contribution in [-0.4, -0.2) is 29.4 Å². The van der Waals surface area contributed by atoms with Crippen LogP contribution in [0, 0.1) is 11.3 Å². The first-order valence-electron chi connectivity index (χ1n) is 7.42. The first kappa shape index (κ1) is 17.3. The van der Waals surface area contributed by atoms with E-state index in [2.05, 4.69) is 6.07 Å². The molecule has 2 atom stereocenters. The van der Waals surface area contributed by atoms with Crippen molar-refractivity contribution in [1.29, 1.82) is 5.26 Å². The lowest BCUT2D eigenvalue weighted by Crippen LogP contribution is -2.39. The van der Waals surface area contributed by atoms with Gasteiger partial charge in [0.2, 0.25) is 5.91 Å². The number of hydrogen-bond acceptors (Lipinski definition) is 3. The standard InChI is InChI=1S/C16H18F3N3O/c17-16(18,19)12-4-1-3-11(7-12)8-13(21)9-15(23)22-6-2-5-14(22)10-20/h1,3-4,7,13-14H,2,5-6,8-9,21H2/t13-,14+/m1/s1. The molecule has 0 unspecified atom stereocenters. The number of likely N-dealkylation sites (tertiary alicyclic amines) is 1. The Labute approximate surface area is 132 Å². The number of nitriles is 1. The Bertz CT molecular complexity index is 609. The predicted octanol–water partition coefficient (Wildman–Crippen LogP) is 2.48. The van der Waals surface area contributed by atoms with E-state index in [4.69, 9.17) is 11.0 Å². The zero-order chi connectivity index (χ0) is 17.0. The monoisotopic (exact) mass is 325 g/mol. The Kier molecular flexibility index (Phi) is 5.26. The van der Waals surface area contributed by atoms with Gasteiger partial charge in [-0.1, -0.05) is 18.2 Å². The van der Waals surface area contributed by atoms with Crippen LogP contribution in [-0.2, 0) is 17.4 Å². The molecular weight excluding hydrogens is 307 g/mol. The van der Waals surface area contributed by atoms with Crippen LogP contribution in [0.3, 0.4) is 0 Å². The highest BCUT2D eigenvalue weighted by atomic mass is 19.4. The van der Waals surface area contributed by atoms with Gasteiger partial charge in [0.05, 0.1) is 11.6 Å².